The quantitative estimate of drug-likeness (QED) is 0.427. The summed E-state index contributed by atoms with van der Waals surface area (Å²) in [6.45, 7) is 0. The lowest BCUT2D eigenvalue weighted by atomic mass is 9.85. The Labute approximate surface area is 74.6 Å². The van der Waals surface area contributed by atoms with Crippen LogP contribution in [0.2, 0.25) is 0 Å². The number of allylic oxidation sites excluding steroid dienone is 2. The van der Waals surface area contributed by atoms with E-state index in [1.54, 1.807) is 18.2 Å². The number of nitrogens with one attached hydrogen (secondary N) is 2. The summed E-state index contributed by atoms with van der Waals surface area (Å²) in [5.74, 6) is -1.09. The SMILES string of the molecule is NC1C=CC=C2C(=O)NNC(=O)C21. The van der Waals surface area contributed by atoms with Crippen LogP contribution in [0.1, 0.15) is 0 Å². The maximum atomic E-state index is 11.3. The van der Waals surface area contributed by atoms with Gasteiger partial charge in [0.1, 0.15) is 0 Å². The second kappa shape index (κ2) is 2.70. The molecule has 68 valence electrons. The van der Waals surface area contributed by atoms with Gasteiger partial charge in [-0.05, 0) is 0 Å². The summed E-state index contributed by atoms with van der Waals surface area (Å²) >= 11 is 0. The molecule has 4 N–H and O–H groups in total. The standard InChI is InChI=1S/C8H9N3O2/c9-5-3-1-2-4-6(5)8(13)11-10-7(4)12/h1-3,5-6H,9H2,(H,10,12)(H,11,13). The van der Waals surface area contributed by atoms with Crippen molar-refractivity contribution in [2.24, 2.45) is 11.7 Å². The van der Waals surface area contributed by atoms with Crippen LogP contribution in [0.4, 0.5) is 0 Å². The first-order chi connectivity index (χ1) is 6.20. The number of carbonyl (C=O) groups excluding carboxylic acids is 2. The van der Waals surface area contributed by atoms with Crippen LogP contribution in [-0.2, 0) is 9.59 Å². The number of carbonyl (C=O) groups is 2. The first kappa shape index (κ1) is 8.00. The number of hydrogen-bond donors (Lipinski definition) is 3. The van der Waals surface area contributed by atoms with E-state index >= 15 is 0 Å². The minimum absolute atomic E-state index is 0.261. The Balaban J connectivity index is 2.39. The molecule has 2 rings (SSSR count). The molecule has 0 bridgehead atoms. The van der Waals surface area contributed by atoms with E-state index in [0.717, 1.165) is 0 Å². The molecule has 1 saturated heterocycles. The molecular weight excluding hydrogens is 170 g/mol. The molecule has 0 spiro atoms. The number of nitrogens with two attached hydrogens (primary N) is 1. The van der Waals surface area contributed by atoms with E-state index in [1.807, 2.05) is 0 Å². The van der Waals surface area contributed by atoms with E-state index in [4.69, 9.17) is 5.73 Å². The number of amides is 2. The van der Waals surface area contributed by atoms with Crippen LogP contribution in [-0.4, -0.2) is 17.9 Å². The average molecular weight is 179 g/mol. The van der Waals surface area contributed by atoms with Crippen molar-refractivity contribution in [3.8, 4) is 0 Å². The zero-order valence-electron chi connectivity index (χ0n) is 6.78. The first-order valence-electron chi connectivity index (χ1n) is 3.94. The van der Waals surface area contributed by atoms with Crippen LogP contribution < -0.4 is 16.6 Å². The highest BCUT2D eigenvalue weighted by atomic mass is 16.2. The van der Waals surface area contributed by atoms with Gasteiger partial charge in [-0.3, -0.25) is 20.4 Å². The van der Waals surface area contributed by atoms with Crippen LogP contribution in [0, 0.1) is 5.92 Å². The molecule has 2 atom stereocenters. The zero-order valence-corrected chi connectivity index (χ0v) is 6.78. The molecule has 13 heavy (non-hydrogen) atoms. The normalized spacial score (nSPS) is 31.6. The van der Waals surface area contributed by atoms with Gasteiger partial charge in [0.25, 0.3) is 5.91 Å². The van der Waals surface area contributed by atoms with Gasteiger partial charge in [0.15, 0.2) is 0 Å². The number of hydrazine groups is 1. The smallest absolute Gasteiger partial charge is 0.266 e. The molecule has 1 aliphatic carbocycles. The molecule has 0 radical (unpaired) electrons. The Bertz CT molecular complexity index is 332. The highest BCUT2D eigenvalue weighted by molar-refractivity contribution is 6.05. The molecular formula is C8H9N3O2. The van der Waals surface area contributed by atoms with Crippen molar-refractivity contribution in [3.05, 3.63) is 23.8 Å². The third-order valence-electron chi connectivity index (χ3n) is 2.17. The molecule has 0 aromatic heterocycles. The van der Waals surface area contributed by atoms with Crippen LogP contribution in [0.5, 0.6) is 0 Å². The van der Waals surface area contributed by atoms with E-state index in [1.165, 1.54) is 0 Å². The largest absolute Gasteiger partial charge is 0.323 e. The van der Waals surface area contributed by atoms with Crippen molar-refractivity contribution in [1.82, 2.24) is 10.9 Å². The number of hydrogen-bond acceptors (Lipinski definition) is 3. The van der Waals surface area contributed by atoms with Gasteiger partial charge in [0.2, 0.25) is 5.91 Å². The molecule has 1 fully saturated rings. The van der Waals surface area contributed by atoms with Gasteiger partial charge in [-0.15, -0.1) is 0 Å². The summed E-state index contributed by atoms with van der Waals surface area (Å²) in [5, 5.41) is 0. The van der Waals surface area contributed by atoms with E-state index in [9.17, 15) is 9.59 Å². The third-order valence-corrected chi connectivity index (χ3v) is 2.17. The lowest BCUT2D eigenvalue weighted by Gasteiger charge is -2.29. The average Bonchev–Trinajstić information content (AvgIpc) is 2.12. The molecule has 1 heterocycles. The number of rotatable bonds is 0. The molecule has 0 aromatic carbocycles. The van der Waals surface area contributed by atoms with Crippen molar-refractivity contribution >= 4 is 11.8 Å². The Morgan fingerprint density at radius 2 is 2.08 bits per heavy atom. The second-order valence-corrected chi connectivity index (χ2v) is 3.01. The van der Waals surface area contributed by atoms with Crippen molar-refractivity contribution in [2.45, 2.75) is 6.04 Å². The Hall–Kier alpha value is -1.62. The zero-order chi connectivity index (χ0) is 9.42. The first-order valence-corrected chi connectivity index (χ1v) is 3.94. The summed E-state index contributed by atoms with van der Waals surface area (Å²) in [5.41, 5.74) is 10.6. The molecule has 2 unspecified atom stereocenters. The van der Waals surface area contributed by atoms with Gasteiger partial charge in [-0.2, -0.15) is 0 Å². The summed E-state index contributed by atoms with van der Waals surface area (Å²) in [4.78, 5) is 22.5. The van der Waals surface area contributed by atoms with Crippen molar-refractivity contribution in [2.75, 3.05) is 0 Å². The molecule has 1 aliphatic heterocycles. The highest BCUT2D eigenvalue weighted by Gasteiger charge is 2.36. The molecule has 2 aliphatic rings. The highest BCUT2D eigenvalue weighted by Crippen LogP contribution is 2.21. The fraction of sp³-hybridized carbons (Fsp3) is 0.250. The minimum Gasteiger partial charge on any atom is -0.323 e. The molecule has 5 heteroatoms. The predicted molar refractivity (Wildman–Crippen MR) is 45.0 cm³/mol. The van der Waals surface area contributed by atoms with Gasteiger partial charge in [-0.25, -0.2) is 0 Å². The van der Waals surface area contributed by atoms with Crippen molar-refractivity contribution < 1.29 is 9.59 Å². The summed E-state index contributed by atoms with van der Waals surface area (Å²) in [7, 11) is 0. The maximum Gasteiger partial charge on any atom is 0.266 e. The topological polar surface area (TPSA) is 84.2 Å². The summed E-state index contributed by atoms with van der Waals surface area (Å²) in [6.07, 6.45) is 5.00. The van der Waals surface area contributed by atoms with Gasteiger partial charge in [0, 0.05) is 11.6 Å². The van der Waals surface area contributed by atoms with Gasteiger partial charge < -0.3 is 5.73 Å². The van der Waals surface area contributed by atoms with E-state index in [0.29, 0.717) is 5.57 Å². The molecule has 2 amide bonds. The second-order valence-electron chi connectivity index (χ2n) is 3.01. The Morgan fingerprint density at radius 3 is 2.77 bits per heavy atom. The summed E-state index contributed by atoms with van der Waals surface area (Å²) in [6, 6.07) is -0.411. The lowest BCUT2D eigenvalue weighted by molar-refractivity contribution is -0.133. The van der Waals surface area contributed by atoms with Crippen LogP contribution >= 0.6 is 0 Å². The fourth-order valence-electron chi connectivity index (χ4n) is 1.51. The van der Waals surface area contributed by atoms with Crippen LogP contribution in [0.15, 0.2) is 23.8 Å². The van der Waals surface area contributed by atoms with Crippen molar-refractivity contribution in [3.63, 3.8) is 0 Å². The third kappa shape index (κ3) is 1.13. The fourth-order valence-corrected chi connectivity index (χ4v) is 1.51. The van der Waals surface area contributed by atoms with E-state index in [2.05, 4.69) is 10.9 Å². The molecule has 5 nitrogen and oxygen atoms in total. The lowest BCUT2D eigenvalue weighted by Crippen LogP contribution is -2.57. The van der Waals surface area contributed by atoms with Crippen LogP contribution in [0.25, 0.3) is 0 Å². The predicted octanol–water partition coefficient (Wildman–Crippen LogP) is -1.41. The van der Waals surface area contributed by atoms with Gasteiger partial charge in [-0.1, -0.05) is 18.2 Å². The van der Waals surface area contributed by atoms with Gasteiger partial charge in [0.05, 0.1) is 5.92 Å². The van der Waals surface area contributed by atoms with Gasteiger partial charge >= 0.3 is 0 Å². The monoisotopic (exact) mass is 179 g/mol. The molecule has 0 saturated carbocycles. The molecule has 0 aromatic rings. The maximum absolute atomic E-state index is 11.3. The Morgan fingerprint density at radius 1 is 1.31 bits per heavy atom. The van der Waals surface area contributed by atoms with E-state index in [-0.39, 0.29) is 11.8 Å². The van der Waals surface area contributed by atoms with E-state index < -0.39 is 12.0 Å². The van der Waals surface area contributed by atoms with Crippen molar-refractivity contribution in [1.29, 1.82) is 0 Å². The summed E-state index contributed by atoms with van der Waals surface area (Å²) < 4.78 is 0. The number of fused-ring (bicyclic) bond motifs is 1. The Kier molecular flexibility index (Phi) is 1.66. The van der Waals surface area contributed by atoms with Crippen LogP contribution in [0.3, 0.4) is 0 Å². The minimum atomic E-state index is -0.543.